The van der Waals surface area contributed by atoms with Crippen molar-refractivity contribution in [1.82, 2.24) is 15.1 Å². The second-order valence-corrected chi connectivity index (χ2v) is 4.57. The van der Waals surface area contributed by atoms with E-state index in [1.165, 1.54) is 11.3 Å². The third-order valence-electron chi connectivity index (χ3n) is 3.34. The number of nitrogens with one attached hydrogen (secondary N) is 1. The van der Waals surface area contributed by atoms with Crippen LogP contribution in [0.4, 0.5) is 0 Å². The summed E-state index contributed by atoms with van der Waals surface area (Å²) < 4.78 is 7.13. The van der Waals surface area contributed by atoms with Crippen LogP contribution in [0.2, 0.25) is 0 Å². The summed E-state index contributed by atoms with van der Waals surface area (Å²) in [7, 11) is 1.67. The van der Waals surface area contributed by atoms with Gasteiger partial charge < -0.3 is 10.1 Å². The molecule has 19 heavy (non-hydrogen) atoms. The SMILES string of the molecule is CCNC(C)c1cnn(-c2ccc(OC)cc2)c1C. The topological polar surface area (TPSA) is 39.1 Å². The molecule has 0 bridgehead atoms. The maximum Gasteiger partial charge on any atom is 0.119 e. The van der Waals surface area contributed by atoms with Gasteiger partial charge in [0.05, 0.1) is 19.0 Å². The van der Waals surface area contributed by atoms with E-state index in [1.54, 1.807) is 7.11 Å². The molecule has 1 unspecified atom stereocenters. The largest absolute Gasteiger partial charge is 0.497 e. The zero-order valence-corrected chi connectivity index (χ0v) is 12.0. The van der Waals surface area contributed by atoms with Gasteiger partial charge in [0.1, 0.15) is 5.75 Å². The molecule has 0 aliphatic carbocycles. The number of rotatable bonds is 5. The highest BCUT2D eigenvalue weighted by Crippen LogP contribution is 2.21. The lowest BCUT2D eigenvalue weighted by atomic mass is 10.1. The minimum Gasteiger partial charge on any atom is -0.497 e. The zero-order valence-electron chi connectivity index (χ0n) is 12.0. The summed E-state index contributed by atoms with van der Waals surface area (Å²) >= 11 is 0. The molecule has 0 aliphatic rings. The molecule has 1 aromatic carbocycles. The summed E-state index contributed by atoms with van der Waals surface area (Å²) in [6.07, 6.45) is 1.94. The fraction of sp³-hybridized carbons (Fsp3) is 0.400. The van der Waals surface area contributed by atoms with Crippen LogP contribution in [0.25, 0.3) is 5.69 Å². The van der Waals surface area contributed by atoms with E-state index in [0.717, 1.165) is 18.0 Å². The van der Waals surface area contributed by atoms with Gasteiger partial charge in [-0.15, -0.1) is 0 Å². The summed E-state index contributed by atoms with van der Waals surface area (Å²) in [5.74, 6) is 0.856. The highest BCUT2D eigenvalue weighted by Gasteiger charge is 2.13. The molecule has 0 saturated heterocycles. The standard InChI is InChI=1S/C15H21N3O/c1-5-16-11(2)15-10-17-18(12(15)3)13-6-8-14(19-4)9-7-13/h6-11,16H,5H2,1-4H3. The number of ether oxygens (including phenoxy) is 1. The second-order valence-electron chi connectivity index (χ2n) is 4.57. The van der Waals surface area contributed by atoms with Gasteiger partial charge in [-0.3, -0.25) is 0 Å². The van der Waals surface area contributed by atoms with E-state index in [1.807, 2.05) is 35.1 Å². The van der Waals surface area contributed by atoms with Crippen LogP contribution in [0, 0.1) is 6.92 Å². The van der Waals surface area contributed by atoms with Gasteiger partial charge in [0.25, 0.3) is 0 Å². The molecule has 1 atom stereocenters. The van der Waals surface area contributed by atoms with Gasteiger partial charge >= 0.3 is 0 Å². The summed E-state index contributed by atoms with van der Waals surface area (Å²) in [5.41, 5.74) is 3.45. The lowest BCUT2D eigenvalue weighted by Crippen LogP contribution is -2.18. The molecule has 0 aliphatic heterocycles. The van der Waals surface area contributed by atoms with Crippen molar-refractivity contribution >= 4 is 0 Å². The Morgan fingerprint density at radius 3 is 2.58 bits per heavy atom. The third kappa shape index (κ3) is 2.79. The zero-order chi connectivity index (χ0) is 13.8. The van der Waals surface area contributed by atoms with E-state index in [2.05, 4.69) is 31.2 Å². The maximum atomic E-state index is 5.17. The van der Waals surface area contributed by atoms with E-state index >= 15 is 0 Å². The monoisotopic (exact) mass is 259 g/mol. The lowest BCUT2D eigenvalue weighted by Gasteiger charge is -2.12. The predicted octanol–water partition coefficient (Wildman–Crippen LogP) is 2.86. The molecule has 0 radical (unpaired) electrons. The molecular formula is C15H21N3O. The van der Waals surface area contributed by atoms with Crippen LogP contribution in [0.5, 0.6) is 5.75 Å². The smallest absolute Gasteiger partial charge is 0.119 e. The minimum absolute atomic E-state index is 0.317. The van der Waals surface area contributed by atoms with Crippen molar-refractivity contribution in [2.45, 2.75) is 26.8 Å². The van der Waals surface area contributed by atoms with Gasteiger partial charge in [0.15, 0.2) is 0 Å². The molecule has 1 N–H and O–H groups in total. The fourth-order valence-electron chi connectivity index (χ4n) is 2.25. The van der Waals surface area contributed by atoms with Crippen LogP contribution in [0.1, 0.15) is 31.1 Å². The van der Waals surface area contributed by atoms with Gasteiger partial charge in [-0.2, -0.15) is 5.10 Å². The fourth-order valence-corrected chi connectivity index (χ4v) is 2.25. The Hall–Kier alpha value is -1.81. The van der Waals surface area contributed by atoms with Crippen LogP contribution in [0.15, 0.2) is 30.5 Å². The number of methoxy groups -OCH3 is 1. The molecule has 2 rings (SSSR count). The molecule has 0 amide bonds. The average Bonchev–Trinajstić information content (AvgIpc) is 2.81. The molecular weight excluding hydrogens is 238 g/mol. The average molecular weight is 259 g/mol. The summed E-state index contributed by atoms with van der Waals surface area (Å²) in [6.45, 7) is 7.32. The maximum absolute atomic E-state index is 5.17. The van der Waals surface area contributed by atoms with Gasteiger partial charge in [0.2, 0.25) is 0 Å². The number of hydrogen-bond donors (Lipinski definition) is 1. The van der Waals surface area contributed by atoms with Crippen molar-refractivity contribution in [2.24, 2.45) is 0 Å². The Balaban J connectivity index is 2.30. The lowest BCUT2D eigenvalue weighted by molar-refractivity contribution is 0.414. The minimum atomic E-state index is 0.317. The summed E-state index contributed by atoms with van der Waals surface area (Å²) in [6, 6.07) is 8.24. The van der Waals surface area contributed by atoms with Crippen molar-refractivity contribution in [3.63, 3.8) is 0 Å². The van der Waals surface area contributed by atoms with Crippen LogP contribution in [0.3, 0.4) is 0 Å². The Morgan fingerprint density at radius 1 is 1.32 bits per heavy atom. The first-order chi connectivity index (χ1) is 9.17. The Kier molecular flexibility index (Phi) is 4.22. The van der Waals surface area contributed by atoms with Crippen molar-refractivity contribution in [1.29, 1.82) is 0 Å². The first kappa shape index (κ1) is 13.6. The molecule has 2 aromatic rings. The molecule has 4 heteroatoms. The quantitative estimate of drug-likeness (QED) is 0.897. The summed E-state index contributed by atoms with van der Waals surface area (Å²) in [5, 5.41) is 7.89. The normalized spacial score (nSPS) is 12.4. The molecule has 0 spiro atoms. The van der Waals surface area contributed by atoms with Crippen molar-refractivity contribution in [3.05, 3.63) is 41.7 Å². The highest BCUT2D eigenvalue weighted by molar-refractivity contribution is 5.39. The van der Waals surface area contributed by atoms with E-state index in [-0.39, 0.29) is 0 Å². The van der Waals surface area contributed by atoms with E-state index < -0.39 is 0 Å². The second kappa shape index (κ2) is 5.89. The Bertz CT molecular complexity index is 531. The van der Waals surface area contributed by atoms with Crippen molar-refractivity contribution in [3.8, 4) is 11.4 Å². The Morgan fingerprint density at radius 2 is 2.00 bits per heavy atom. The number of benzene rings is 1. The van der Waals surface area contributed by atoms with Gasteiger partial charge in [-0.05, 0) is 44.7 Å². The molecule has 0 saturated carbocycles. The third-order valence-corrected chi connectivity index (χ3v) is 3.34. The van der Waals surface area contributed by atoms with Crippen molar-refractivity contribution in [2.75, 3.05) is 13.7 Å². The van der Waals surface area contributed by atoms with E-state index in [0.29, 0.717) is 6.04 Å². The predicted molar refractivity (Wildman–Crippen MR) is 76.9 cm³/mol. The molecule has 1 aromatic heterocycles. The van der Waals surface area contributed by atoms with Crippen LogP contribution in [-0.2, 0) is 0 Å². The first-order valence-corrected chi connectivity index (χ1v) is 6.59. The molecule has 102 valence electrons. The number of hydrogen-bond acceptors (Lipinski definition) is 3. The first-order valence-electron chi connectivity index (χ1n) is 6.59. The number of nitrogens with zero attached hydrogens (tertiary/aromatic N) is 2. The Labute approximate surface area is 114 Å². The van der Waals surface area contributed by atoms with Crippen LogP contribution < -0.4 is 10.1 Å². The van der Waals surface area contributed by atoms with E-state index in [9.17, 15) is 0 Å². The molecule has 0 fully saturated rings. The molecule has 1 heterocycles. The molecule has 4 nitrogen and oxygen atoms in total. The van der Waals surface area contributed by atoms with Gasteiger partial charge in [0, 0.05) is 17.3 Å². The highest BCUT2D eigenvalue weighted by atomic mass is 16.5. The van der Waals surface area contributed by atoms with Crippen LogP contribution in [-0.4, -0.2) is 23.4 Å². The van der Waals surface area contributed by atoms with Crippen LogP contribution >= 0.6 is 0 Å². The summed E-state index contributed by atoms with van der Waals surface area (Å²) in [4.78, 5) is 0. The van der Waals surface area contributed by atoms with Gasteiger partial charge in [-0.25, -0.2) is 4.68 Å². The number of aromatic nitrogens is 2. The van der Waals surface area contributed by atoms with E-state index in [4.69, 9.17) is 4.74 Å². The van der Waals surface area contributed by atoms with Gasteiger partial charge in [-0.1, -0.05) is 6.92 Å². The van der Waals surface area contributed by atoms with Crippen molar-refractivity contribution < 1.29 is 4.74 Å².